The van der Waals surface area contributed by atoms with Crippen LogP contribution in [0.2, 0.25) is 0 Å². The maximum absolute atomic E-state index is 11.7. The van der Waals surface area contributed by atoms with E-state index in [4.69, 9.17) is 11.3 Å². The lowest BCUT2D eigenvalue weighted by molar-refractivity contribution is 0.0566. The van der Waals surface area contributed by atoms with Crippen molar-refractivity contribution in [3.05, 3.63) is 23.2 Å². The summed E-state index contributed by atoms with van der Waals surface area (Å²) in [5, 5.41) is 0. The first-order valence-electron chi connectivity index (χ1n) is 5.19. The van der Waals surface area contributed by atoms with Gasteiger partial charge in [-0.3, -0.25) is 0 Å². The minimum Gasteiger partial charge on any atom is -0.443 e. The number of carbonyl (C=O) groups excluding carboxylic acids is 1. The minimum absolute atomic E-state index is 0.126. The van der Waals surface area contributed by atoms with Crippen molar-refractivity contribution in [2.75, 3.05) is 13.1 Å². The second-order valence-corrected chi connectivity index (χ2v) is 6.46. The SMILES string of the molecule is [C-]#[N+]C=C1CN(S(=O)(=O)NC(=O)OC(C)(C)C)C1. The van der Waals surface area contributed by atoms with Crippen LogP contribution >= 0.6 is 0 Å². The molecule has 1 fully saturated rings. The molecule has 7 nitrogen and oxygen atoms in total. The highest BCUT2D eigenvalue weighted by Gasteiger charge is 2.33. The Balaban J connectivity index is 2.55. The molecule has 1 N–H and O–H groups in total. The highest BCUT2D eigenvalue weighted by atomic mass is 32.2. The molecule has 0 saturated carbocycles. The van der Waals surface area contributed by atoms with Crippen LogP contribution < -0.4 is 4.72 Å². The largest absolute Gasteiger partial charge is 0.443 e. The Morgan fingerprint density at radius 2 is 2.06 bits per heavy atom. The van der Waals surface area contributed by atoms with Gasteiger partial charge in [-0.25, -0.2) is 14.4 Å². The lowest BCUT2D eigenvalue weighted by atomic mass is 10.2. The van der Waals surface area contributed by atoms with Crippen LogP contribution in [0.15, 0.2) is 11.8 Å². The van der Waals surface area contributed by atoms with Crippen molar-refractivity contribution in [2.24, 2.45) is 0 Å². The van der Waals surface area contributed by atoms with Gasteiger partial charge in [-0.05, 0) is 26.3 Å². The molecular formula is C10H15N3O4S. The molecule has 0 aromatic heterocycles. The summed E-state index contributed by atoms with van der Waals surface area (Å²) in [5.41, 5.74) is -0.0523. The van der Waals surface area contributed by atoms with E-state index in [2.05, 4.69) is 4.85 Å². The third kappa shape index (κ3) is 4.01. The molecule has 100 valence electrons. The molecule has 1 aliphatic rings. The zero-order chi connectivity index (χ0) is 14.0. The van der Waals surface area contributed by atoms with E-state index in [1.165, 1.54) is 6.20 Å². The molecule has 0 aromatic rings. The van der Waals surface area contributed by atoms with E-state index < -0.39 is 21.9 Å². The Kier molecular flexibility index (Phi) is 3.98. The number of carbonyl (C=O) groups is 1. The molecule has 1 amide bonds. The number of ether oxygens (including phenoxy) is 1. The van der Waals surface area contributed by atoms with Gasteiger partial charge >= 0.3 is 16.3 Å². The first kappa shape index (κ1) is 14.5. The number of hydrogen-bond acceptors (Lipinski definition) is 4. The summed E-state index contributed by atoms with van der Waals surface area (Å²) in [6.45, 7) is 11.8. The fourth-order valence-electron chi connectivity index (χ4n) is 1.22. The fourth-order valence-corrected chi connectivity index (χ4v) is 2.27. The summed E-state index contributed by atoms with van der Waals surface area (Å²) >= 11 is 0. The molecule has 0 atom stereocenters. The van der Waals surface area contributed by atoms with Gasteiger partial charge in [0.15, 0.2) is 6.20 Å². The summed E-state index contributed by atoms with van der Waals surface area (Å²) in [6.07, 6.45) is 0.268. The van der Waals surface area contributed by atoms with E-state index in [0.29, 0.717) is 5.57 Å². The zero-order valence-corrected chi connectivity index (χ0v) is 11.2. The van der Waals surface area contributed by atoms with Gasteiger partial charge < -0.3 is 4.74 Å². The molecule has 0 unspecified atom stereocenters. The van der Waals surface area contributed by atoms with Crippen LogP contribution in [0.25, 0.3) is 4.85 Å². The maximum atomic E-state index is 11.7. The maximum Gasteiger partial charge on any atom is 0.422 e. The van der Waals surface area contributed by atoms with Crippen LogP contribution in [0.1, 0.15) is 20.8 Å². The molecule has 0 bridgehead atoms. The lowest BCUT2D eigenvalue weighted by Gasteiger charge is -2.32. The lowest BCUT2D eigenvalue weighted by Crippen LogP contribution is -2.51. The average Bonchev–Trinajstić information content (AvgIpc) is 2.05. The quantitative estimate of drug-likeness (QED) is 0.757. The van der Waals surface area contributed by atoms with Crippen molar-refractivity contribution in [1.82, 2.24) is 9.03 Å². The van der Waals surface area contributed by atoms with Gasteiger partial charge in [0.25, 0.3) is 0 Å². The van der Waals surface area contributed by atoms with Crippen LogP contribution in [0.5, 0.6) is 0 Å². The van der Waals surface area contributed by atoms with Crippen molar-refractivity contribution >= 4 is 16.3 Å². The highest BCUT2D eigenvalue weighted by Crippen LogP contribution is 2.18. The highest BCUT2D eigenvalue weighted by molar-refractivity contribution is 7.87. The molecule has 0 aliphatic carbocycles. The Labute approximate surface area is 106 Å². The first-order chi connectivity index (χ1) is 8.14. The van der Waals surface area contributed by atoms with Crippen molar-refractivity contribution < 1.29 is 17.9 Å². The smallest absolute Gasteiger partial charge is 0.422 e. The second-order valence-electron chi connectivity index (χ2n) is 4.79. The molecule has 0 spiro atoms. The predicted octanol–water partition coefficient (Wildman–Crippen LogP) is 0.875. The summed E-state index contributed by atoms with van der Waals surface area (Å²) in [6, 6.07) is 0. The molecular weight excluding hydrogens is 258 g/mol. The number of rotatable bonds is 2. The van der Waals surface area contributed by atoms with Crippen LogP contribution in [0.4, 0.5) is 4.79 Å². The number of nitrogens with one attached hydrogen (secondary N) is 1. The van der Waals surface area contributed by atoms with Gasteiger partial charge in [-0.2, -0.15) is 12.7 Å². The Hall–Kier alpha value is -1.59. The average molecular weight is 273 g/mol. The molecule has 1 rings (SSSR count). The van der Waals surface area contributed by atoms with Gasteiger partial charge in [0.1, 0.15) is 5.60 Å². The van der Waals surface area contributed by atoms with Crippen LogP contribution in [-0.4, -0.2) is 37.5 Å². The van der Waals surface area contributed by atoms with E-state index in [-0.39, 0.29) is 13.1 Å². The van der Waals surface area contributed by atoms with E-state index in [9.17, 15) is 13.2 Å². The monoisotopic (exact) mass is 273 g/mol. The predicted molar refractivity (Wildman–Crippen MR) is 64.5 cm³/mol. The Morgan fingerprint density at radius 3 is 2.50 bits per heavy atom. The van der Waals surface area contributed by atoms with Crippen molar-refractivity contribution in [2.45, 2.75) is 26.4 Å². The number of amides is 1. The second kappa shape index (κ2) is 4.96. The van der Waals surface area contributed by atoms with Crippen molar-refractivity contribution in [1.29, 1.82) is 0 Å². The van der Waals surface area contributed by atoms with E-state index in [1.54, 1.807) is 20.8 Å². The third-order valence-electron chi connectivity index (χ3n) is 1.96. The Bertz CT molecular complexity index is 502. The number of hydrogen-bond donors (Lipinski definition) is 1. The van der Waals surface area contributed by atoms with Gasteiger partial charge in [-0.1, -0.05) is 0 Å². The zero-order valence-electron chi connectivity index (χ0n) is 10.4. The standard InChI is InChI=1S/C10H15N3O4S/c1-10(2,3)17-9(14)12-18(15,16)13-6-8(7-13)5-11-4/h5H,6-7H2,1-3H3,(H,12,14). The van der Waals surface area contributed by atoms with Gasteiger partial charge in [0.05, 0.1) is 6.57 Å². The van der Waals surface area contributed by atoms with Crippen LogP contribution in [-0.2, 0) is 14.9 Å². The summed E-state index contributed by atoms with van der Waals surface area (Å²) in [5.74, 6) is 0. The normalized spacial score (nSPS) is 16.4. The van der Waals surface area contributed by atoms with E-state index >= 15 is 0 Å². The third-order valence-corrected chi connectivity index (χ3v) is 3.32. The van der Waals surface area contributed by atoms with Crippen molar-refractivity contribution in [3.63, 3.8) is 0 Å². The van der Waals surface area contributed by atoms with Crippen molar-refractivity contribution in [3.8, 4) is 0 Å². The molecule has 8 heteroatoms. The molecule has 18 heavy (non-hydrogen) atoms. The van der Waals surface area contributed by atoms with Gasteiger partial charge in [0, 0.05) is 13.1 Å². The van der Waals surface area contributed by atoms with Gasteiger partial charge in [0.2, 0.25) is 0 Å². The summed E-state index contributed by atoms with van der Waals surface area (Å²) in [7, 11) is -3.88. The van der Waals surface area contributed by atoms with E-state index in [0.717, 1.165) is 4.31 Å². The first-order valence-corrected chi connectivity index (χ1v) is 6.63. The van der Waals surface area contributed by atoms with Crippen LogP contribution in [0.3, 0.4) is 0 Å². The molecule has 1 saturated heterocycles. The van der Waals surface area contributed by atoms with E-state index in [1.807, 2.05) is 4.72 Å². The van der Waals surface area contributed by atoms with Gasteiger partial charge in [-0.15, -0.1) is 0 Å². The molecule has 0 radical (unpaired) electrons. The fraction of sp³-hybridized carbons (Fsp3) is 0.600. The summed E-state index contributed by atoms with van der Waals surface area (Å²) < 4.78 is 31.0. The summed E-state index contributed by atoms with van der Waals surface area (Å²) in [4.78, 5) is 14.4. The molecule has 0 aromatic carbocycles. The van der Waals surface area contributed by atoms with Crippen LogP contribution in [0, 0.1) is 6.57 Å². The molecule has 1 heterocycles. The Morgan fingerprint density at radius 1 is 1.50 bits per heavy atom. The topological polar surface area (TPSA) is 80.1 Å². The minimum atomic E-state index is -3.88. The number of nitrogens with zero attached hydrogens (tertiary/aromatic N) is 2. The molecule has 1 aliphatic heterocycles.